The fourth-order valence-corrected chi connectivity index (χ4v) is 3.83. The van der Waals surface area contributed by atoms with Crippen molar-refractivity contribution in [2.75, 3.05) is 26.7 Å². The lowest BCUT2D eigenvalue weighted by Crippen LogP contribution is -2.32. The molecule has 3 heterocycles. The van der Waals surface area contributed by atoms with Crippen LogP contribution in [0.5, 0.6) is 0 Å². The van der Waals surface area contributed by atoms with Crippen molar-refractivity contribution in [3.8, 4) is 17.1 Å². The zero-order valence-corrected chi connectivity index (χ0v) is 17.2. The van der Waals surface area contributed by atoms with Crippen molar-refractivity contribution in [3.63, 3.8) is 0 Å². The number of furan rings is 1. The molecule has 1 fully saturated rings. The number of hydrogen-bond acceptors (Lipinski definition) is 4. The third-order valence-corrected chi connectivity index (χ3v) is 5.72. The highest BCUT2D eigenvalue weighted by Crippen LogP contribution is 2.25. The minimum atomic E-state index is -0.168. The molecule has 0 bridgehead atoms. The zero-order chi connectivity index (χ0) is 20.2. The number of rotatable bonds is 6. The van der Waals surface area contributed by atoms with Crippen LogP contribution in [0.4, 0.5) is 0 Å². The van der Waals surface area contributed by atoms with Gasteiger partial charge in [0.05, 0.1) is 12.0 Å². The van der Waals surface area contributed by atoms with Gasteiger partial charge in [-0.15, -0.1) is 0 Å². The average Bonchev–Trinajstić information content (AvgIpc) is 3.40. The van der Waals surface area contributed by atoms with Gasteiger partial charge in [0.2, 0.25) is 0 Å². The molecule has 1 N–H and O–H groups in total. The lowest BCUT2D eigenvalue weighted by Gasteiger charge is -2.28. The predicted molar refractivity (Wildman–Crippen MR) is 113 cm³/mol. The summed E-state index contributed by atoms with van der Waals surface area (Å²) in [5.74, 6) is 1.16. The van der Waals surface area contributed by atoms with Crippen molar-refractivity contribution >= 4 is 17.5 Å². The average molecular weight is 413 g/mol. The van der Waals surface area contributed by atoms with Crippen molar-refractivity contribution in [1.82, 2.24) is 20.0 Å². The smallest absolute Gasteiger partial charge is 0.271 e. The number of hydrogen-bond donors (Lipinski definition) is 1. The fourth-order valence-electron chi connectivity index (χ4n) is 3.70. The Morgan fingerprint density at radius 1 is 1.24 bits per heavy atom. The van der Waals surface area contributed by atoms with Gasteiger partial charge in [0.1, 0.15) is 5.69 Å². The Hall–Kier alpha value is -2.57. The number of amides is 1. The maximum absolute atomic E-state index is 12.7. The van der Waals surface area contributed by atoms with Gasteiger partial charge >= 0.3 is 0 Å². The molecule has 1 aliphatic rings. The molecular weight excluding hydrogens is 388 g/mol. The molecule has 2 aromatic heterocycles. The van der Waals surface area contributed by atoms with Crippen LogP contribution in [-0.4, -0.2) is 47.3 Å². The molecule has 0 unspecified atom stereocenters. The molecule has 1 saturated heterocycles. The number of benzene rings is 1. The maximum atomic E-state index is 12.7. The molecule has 1 aromatic carbocycles. The highest BCUT2D eigenvalue weighted by molar-refractivity contribution is 6.30. The zero-order valence-electron chi connectivity index (χ0n) is 16.5. The number of halogens is 1. The van der Waals surface area contributed by atoms with Crippen LogP contribution in [0, 0.1) is 5.92 Å². The first kappa shape index (κ1) is 19.7. The first-order valence-electron chi connectivity index (χ1n) is 9.97. The Labute approximate surface area is 175 Å². The second-order valence-corrected chi connectivity index (χ2v) is 8.01. The number of piperidine rings is 1. The highest BCUT2D eigenvalue weighted by atomic mass is 35.5. The van der Waals surface area contributed by atoms with Crippen LogP contribution in [0.2, 0.25) is 5.02 Å². The summed E-state index contributed by atoms with van der Waals surface area (Å²) < 4.78 is 7.25. The molecule has 6 nitrogen and oxygen atoms in total. The summed E-state index contributed by atoms with van der Waals surface area (Å²) >= 11 is 6.01. The van der Waals surface area contributed by atoms with E-state index in [0.29, 0.717) is 28.9 Å². The molecule has 0 saturated carbocycles. The van der Waals surface area contributed by atoms with E-state index in [9.17, 15) is 4.79 Å². The molecule has 152 valence electrons. The van der Waals surface area contributed by atoms with Crippen molar-refractivity contribution < 1.29 is 9.21 Å². The Morgan fingerprint density at radius 3 is 2.69 bits per heavy atom. The minimum Gasteiger partial charge on any atom is -0.463 e. The molecule has 0 atom stereocenters. The first-order valence-corrected chi connectivity index (χ1v) is 10.3. The molecule has 3 aromatic rings. The number of nitrogens with one attached hydrogen (secondary N) is 1. The van der Waals surface area contributed by atoms with Gasteiger partial charge in [-0.05, 0) is 81.7 Å². The van der Waals surface area contributed by atoms with E-state index in [1.807, 2.05) is 24.3 Å². The molecule has 29 heavy (non-hydrogen) atoms. The quantitative estimate of drug-likeness (QED) is 0.657. The van der Waals surface area contributed by atoms with Crippen LogP contribution in [-0.2, 0) is 0 Å². The van der Waals surface area contributed by atoms with Crippen LogP contribution in [0.3, 0.4) is 0 Å². The van der Waals surface area contributed by atoms with E-state index >= 15 is 0 Å². The van der Waals surface area contributed by atoms with Gasteiger partial charge in [-0.2, -0.15) is 5.10 Å². The summed E-state index contributed by atoms with van der Waals surface area (Å²) in [5, 5.41) is 8.21. The molecule has 1 amide bonds. The summed E-state index contributed by atoms with van der Waals surface area (Å²) in [5.41, 5.74) is 1.90. The number of likely N-dealkylation sites (tertiary alicyclic amines) is 1. The largest absolute Gasteiger partial charge is 0.463 e. The topological polar surface area (TPSA) is 63.3 Å². The van der Waals surface area contributed by atoms with Crippen molar-refractivity contribution in [2.24, 2.45) is 5.92 Å². The summed E-state index contributed by atoms with van der Waals surface area (Å²) in [6.07, 6.45) is 5.00. The number of nitrogens with zero attached hydrogens (tertiary/aromatic N) is 3. The van der Waals surface area contributed by atoms with Crippen LogP contribution in [0.25, 0.3) is 17.1 Å². The number of carbonyl (C=O) groups excluding carboxylic acids is 1. The van der Waals surface area contributed by atoms with Crippen molar-refractivity contribution in [1.29, 1.82) is 0 Å². The van der Waals surface area contributed by atoms with E-state index in [0.717, 1.165) is 30.9 Å². The monoisotopic (exact) mass is 412 g/mol. The molecule has 0 radical (unpaired) electrons. The Kier molecular flexibility index (Phi) is 6.02. The minimum absolute atomic E-state index is 0.168. The van der Waals surface area contributed by atoms with E-state index in [2.05, 4.69) is 22.4 Å². The molecule has 1 aliphatic heterocycles. The highest BCUT2D eigenvalue weighted by Gasteiger charge is 2.20. The second-order valence-electron chi connectivity index (χ2n) is 7.57. The Morgan fingerprint density at radius 2 is 2.00 bits per heavy atom. The lowest BCUT2D eigenvalue weighted by molar-refractivity contribution is 0.0943. The maximum Gasteiger partial charge on any atom is 0.271 e. The van der Waals surface area contributed by atoms with Crippen LogP contribution < -0.4 is 5.32 Å². The first-order chi connectivity index (χ1) is 14.1. The molecule has 0 spiro atoms. The number of carbonyl (C=O) groups is 1. The van der Waals surface area contributed by atoms with Gasteiger partial charge in [0.15, 0.2) is 11.5 Å². The SMILES string of the molecule is CN1CCC(CCNC(=O)c2cc(-c3ccco3)n(-c3ccc(Cl)cc3)n2)CC1. The fraction of sp³-hybridized carbons (Fsp3) is 0.364. The van der Waals surface area contributed by atoms with E-state index in [-0.39, 0.29) is 5.91 Å². The number of aromatic nitrogens is 2. The van der Waals surface area contributed by atoms with Gasteiger partial charge < -0.3 is 14.6 Å². The predicted octanol–water partition coefficient (Wildman–Crippen LogP) is 4.25. The van der Waals surface area contributed by atoms with E-state index in [1.54, 1.807) is 29.1 Å². The van der Waals surface area contributed by atoms with Gasteiger partial charge in [-0.25, -0.2) is 4.68 Å². The lowest BCUT2D eigenvalue weighted by atomic mass is 9.94. The molecule has 4 rings (SSSR count). The van der Waals surface area contributed by atoms with Crippen molar-refractivity contribution in [3.05, 3.63) is 59.4 Å². The van der Waals surface area contributed by atoms with Gasteiger partial charge in [0, 0.05) is 17.6 Å². The second kappa shape index (κ2) is 8.84. The summed E-state index contributed by atoms with van der Waals surface area (Å²) in [4.78, 5) is 15.1. The third-order valence-electron chi connectivity index (χ3n) is 5.46. The van der Waals surface area contributed by atoms with Gasteiger partial charge in [-0.3, -0.25) is 4.79 Å². The van der Waals surface area contributed by atoms with Crippen LogP contribution in [0.15, 0.2) is 53.1 Å². The Balaban J connectivity index is 1.48. The molecular formula is C22H25ClN4O2. The molecule has 0 aliphatic carbocycles. The van der Waals surface area contributed by atoms with E-state index in [4.69, 9.17) is 16.0 Å². The third kappa shape index (κ3) is 4.71. The van der Waals surface area contributed by atoms with Crippen LogP contribution in [0.1, 0.15) is 29.8 Å². The Bertz CT molecular complexity index is 942. The van der Waals surface area contributed by atoms with E-state index in [1.165, 1.54) is 12.8 Å². The normalized spacial score (nSPS) is 15.5. The standard InChI is InChI=1S/C22H25ClN4O2/c1-26-12-9-16(10-13-26)8-11-24-22(28)19-15-20(21-3-2-14-29-21)27(25-19)18-6-4-17(23)5-7-18/h2-7,14-16H,8-13H2,1H3,(H,24,28). The van der Waals surface area contributed by atoms with Gasteiger partial charge in [0.25, 0.3) is 5.91 Å². The molecule has 7 heteroatoms. The van der Waals surface area contributed by atoms with Crippen molar-refractivity contribution in [2.45, 2.75) is 19.3 Å². The summed E-state index contributed by atoms with van der Waals surface area (Å²) in [7, 11) is 2.16. The van der Waals surface area contributed by atoms with Gasteiger partial charge in [-0.1, -0.05) is 11.6 Å². The van der Waals surface area contributed by atoms with E-state index < -0.39 is 0 Å². The summed E-state index contributed by atoms with van der Waals surface area (Å²) in [6.45, 7) is 2.93. The van der Waals surface area contributed by atoms with Crippen LogP contribution >= 0.6 is 11.6 Å². The summed E-state index contributed by atoms with van der Waals surface area (Å²) in [6, 6.07) is 12.8.